The van der Waals surface area contributed by atoms with Crippen LogP contribution in [0.1, 0.15) is 5.56 Å². The molecule has 1 aromatic carbocycles. The molecule has 0 saturated heterocycles. The van der Waals surface area contributed by atoms with E-state index < -0.39 is 0 Å². The number of ether oxygens (including phenoxy) is 1. The summed E-state index contributed by atoms with van der Waals surface area (Å²) < 4.78 is 6.47. The number of benzene rings is 1. The summed E-state index contributed by atoms with van der Waals surface area (Å²) in [6.07, 6.45) is 3.27. The molecule has 0 amide bonds. The van der Waals surface area contributed by atoms with Gasteiger partial charge in [-0.1, -0.05) is 12.1 Å². The molecule has 2 aromatic rings. The zero-order valence-corrected chi connectivity index (χ0v) is 10.4. The van der Waals surface area contributed by atoms with Crippen LogP contribution in [0.4, 0.5) is 0 Å². The Hall–Kier alpha value is -1.88. The fourth-order valence-corrected chi connectivity index (χ4v) is 1.70. The third kappa shape index (κ3) is 2.82. The van der Waals surface area contributed by atoms with Crippen molar-refractivity contribution in [2.75, 3.05) is 0 Å². The van der Waals surface area contributed by atoms with Crippen molar-refractivity contribution < 1.29 is 4.74 Å². The number of nitrogens with two attached hydrogens (primary N) is 1. The van der Waals surface area contributed by atoms with E-state index >= 15 is 0 Å². The smallest absolute Gasteiger partial charge is 0.146 e. The van der Waals surface area contributed by atoms with Crippen LogP contribution in [0.15, 0.2) is 47.2 Å². The van der Waals surface area contributed by atoms with E-state index in [1.54, 1.807) is 30.6 Å². The lowest BCUT2D eigenvalue weighted by atomic mass is 10.2. The molecular weight excluding hydrogens is 282 g/mol. The van der Waals surface area contributed by atoms with E-state index in [0.29, 0.717) is 17.1 Å². The summed E-state index contributed by atoms with van der Waals surface area (Å²) in [4.78, 5) is 4.00. The lowest BCUT2D eigenvalue weighted by Crippen LogP contribution is -2.12. The minimum Gasteiger partial charge on any atom is -0.455 e. The van der Waals surface area contributed by atoms with Crippen molar-refractivity contribution in [3.05, 3.63) is 52.8 Å². The number of hydrogen-bond acceptors (Lipinski definition) is 3. The molecule has 0 fully saturated rings. The number of nitrogens with zero attached hydrogens (tertiary/aromatic N) is 1. The Labute approximate surface area is 107 Å². The summed E-state index contributed by atoms with van der Waals surface area (Å²) in [5, 5.41) is 7.46. The first-order valence-electron chi connectivity index (χ1n) is 4.88. The highest BCUT2D eigenvalue weighted by molar-refractivity contribution is 9.10. The van der Waals surface area contributed by atoms with Crippen molar-refractivity contribution in [1.82, 2.24) is 4.98 Å². The zero-order valence-electron chi connectivity index (χ0n) is 8.85. The predicted octanol–water partition coefficient (Wildman–Crippen LogP) is 2.92. The molecule has 0 aliphatic heterocycles. The first kappa shape index (κ1) is 11.6. The molecule has 2 rings (SSSR count). The highest BCUT2D eigenvalue weighted by atomic mass is 79.9. The summed E-state index contributed by atoms with van der Waals surface area (Å²) >= 11 is 3.31. The summed E-state index contributed by atoms with van der Waals surface area (Å²) in [6.45, 7) is 0. The van der Waals surface area contributed by atoms with Gasteiger partial charge in [0.15, 0.2) is 0 Å². The fraction of sp³-hybridized carbons (Fsp3) is 0. The third-order valence-corrected chi connectivity index (χ3v) is 2.52. The lowest BCUT2D eigenvalue weighted by molar-refractivity contribution is 0.479. The number of para-hydroxylation sites is 1. The highest BCUT2D eigenvalue weighted by Gasteiger charge is 2.06. The van der Waals surface area contributed by atoms with Crippen LogP contribution in [0.3, 0.4) is 0 Å². The molecule has 1 aromatic heterocycles. The molecule has 3 N–H and O–H groups in total. The van der Waals surface area contributed by atoms with Gasteiger partial charge < -0.3 is 10.5 Å². The van der Waals surface area contributed by atoms with Gasteiger partial charge in [0, 0.05) is 10.7 Å². The molecule has 0 saturated carbocycles. The molecule has 86 valence electrons. The van der Waals surface area contributed by atoms with Gasteiger partial charge in [-0.15, -0.1) is 0 Å². The van der Waals surface area contributed by atoms with Crippen molar-refractivity contribution in [3.63, 3.8) is 0 Å². The number of rotatable bonds is 3. The van der Waals surface area contributed by atoms with Gasteiger partial charge in [-0.2, -0.15) is 0 Å². The van der Waals surface area contributed by atoms with Gasteiger partial charge in [-0.3, -0.25) is 10.4 Å². The quantitative estimate of drug-likeness (QED) is 0.675. The average Bonchev–Trinajstić information content (AvgIpc) is 2.29. The van der Waals surface area contributed by atoms with Crippen LogP contribution >= 0.6 is 15.9 Å². The number of pyridine rings is 1. The molecule has 5 heteroatoms. The van der Waals surface area contributed by atoms with E-state index in [1.807, 2.05) is 12.1 Å². The lowest BCUT2D eigenvalue weighted by Gasteiger charge is -2.09. The summed E-state index contributed by atoms with van der Waals surface area (Å²) in [5.41, 5.74) is 6.04. The number of nitrogen functional groups attached to an aromatic ring is 1. The van der Waals surface area contributed by atoms with Crippen molar-refractivity contribution in [2.45, 2.75) is 0 Å². The van der Waals surface area contributed by atoms with E-state index in [0.717, 1.165) is 4.47 Å². The average molecular weight is 292 g/mol. The zero-order chi connectivity index (χ0) is 12.3. The van der Waals surface area contributed by atoms with Crippen LogP contribution in [0.2, 0.25) is 0 Å². The number of amidine groups is 1. The van der Waals surface area contributed by atoms with Crippen LogP contribution in [-0.4, -0.2) is 10.8 Å². The monoisotopic (exact) mass is 291 g/mol. The standard InChI is InChI=1S/C12H10BrN3O/c13-8-5-9(7-16-6-8)17-11-4-2-1-3-10(11)12(14)15/h1-7H,(H3,14,15). The molecule has 0 unspecified atom stereocenters. The summed E-state index contributed by atoms with van der Waals surface area (Å²) in [6, 6.07) is 8.93. The van der Waals surface area contributed by atoms with E-state index in [-0.39, 0.29) is 5.84 Å². The van der Waals surface area contributed by atoms with Crippen molar-refractivity contribution in [1.29, 1.82) is 5.41 Å². The topological polar surface area (TPSA) is 72.0 Å². The Morgan fingerprint density at radius 2 is 2.06 bits per heavy atom. The van der Waals surface area contributed by atoms with Gasteiger partial charge >= 0.3 is 0 Å². The molecule has 0 aliphatic carbocycles. The number of nitrogens with one attached hydrogen (secondary N) is 1. The van der Waals surface area contributed by atoms with Crippen molar-refractivity contribution in [3.8, 4) is 11.5 Å². The van der Waals surface area contributed by atoms with Crippen molar-refractivity contribution in [2.24, 2.45) is 5.73 Å². The van der Waals surface area contributed by atoms with Gasteiger partial charge in [-0.05, 0) is 34.1 Å². The van der Waals surface area contributed by atoms with E-state index in [1.165, 1.54) is 0 Å². The fourth-order valence-electron chi connectivity index (χ4n) is 1.35. The molecule has 17 heavy (non-hydrogen) atoms. The maximum atomic E-state index is 7.46. The first-order chi connectivity index (χ1) is 8.16. The second-order valence-electron chi connectivity index (χ2n) is 3.35. The number of halogens is 1. The summed E-state index contributed by atoms with van der Waals surface area (Å²) in [7, 11) is 0. The Morgan fingerprint density at radius 3 is 2.76 bits per heavy atom. The van der Waals surface area contributed by atoms with Crippen LogP contribution in [-0.2, 0) is 0 Å². The molecule has 0 atom stereocenters. The molecule has 4 nitrogen and oxygen atoms in total. The SMILES string of the molecule is N=C(N)c1ccccc1Oc1cncc(Br)c1. The molecule has 1 heterocycles. The molecule has 0 bridgehead atoms. The van der Waals surface area contributed by atoms with Crippen LogP contribution < -0.4 is 10.5 Å². The van der Waals surface area contributed by atoms with Crippen molar-refractivity contribution >= 4 is 21.8 Å². The predicted molar refractivity (Wildman–Crippen MR) is 69.5 cm³/mol. The maximum Gasteiger partial charge on any atom is 0.146 e. The Bertz CT molecular complexity index is 557. The summed E-state index contributed by atoms with van der Waals surface area (Å²) in [5.74, 6) is 1.11. The Kier molecular flexibility index (Phi) is 3.39. The first-order valence-corrected chi connectivity index (χ1v) is 5.68. The van der Waals surface area contributed by atoms with Gasteiger partial charge in [0.05, 0.1) is 11.8 Å². The van der Waals surface area contributed by atoms with E-state index in [4.69, 9.17) is 15.9 Å². The minimum atomic E-state index is -0.0245. The van der Waals surface area contributed by atoms with Crippen LogP contribution in [0.25, 0.3) is 0 Å². The molecule has 0 aliphatic rings. The maximum absolute atomic E-state index is 7.46. The molecular formula is C12H10BrN3O. The molecule has 0 spiro atoms. The highest BCUT2D eigenvalue weighted by Crippen LogP contribution is 2.26. The van der Waals surface area contributed by atoms with Crippen LogP contribution in [0, 0.1) is 5.41 Å². The molecule has 0 radical (unpaired) electrons. The van der Waals surface area contributed by atoms with Gasteiger partial charge in [0.25, 0.3) is 0 Å². The number of hydrogen-bond donors (Lipinski definition) is 2. The van der Waals surface area contributed by atoms with Gasteiger partial charge in [0.1, 0.15) is 17.3 Å². The van der Waals surface area contributed by atoms with E-state index in [2.05, 4.69) is 20.9 Å². The second kappa shape index (κ2) is 4.97. The third-order valence-electron chi connectivity index (χ3n) is 2.08. The Balaban J connectivity index is 2.33. The number of aromatic nitrogens is 1. The normalized spacial score (nSPS) is 9.94. The van der Waals surface area contributed by atoms with Crippen LogP contribution in [0.5, 0.6) is 11.5 Å². The van der Waals surface area contributed by atoms with Gasteiger partial charge in [0.2, 0.25) is 0 Å². The van der Waals surface area contributed by atoms with E-state index in [9.17, 15) is 0 Å². The minimum absolute atomic E-state index is 0.0245. The second-order valence-corrected chi connectivity index (χ2v) is 4.27. The largest absolute Gasteiger partial charge is 0.455 e. The van der Waals surface area contributed by atoms with Gasteiger partial charge in [-0.25, -0.2) is 0 Å². The Morgan fingerprint density at radius 1 is 1.29 bits per heavy atom.